The van der Waals surface area contributed by atoms with Crippen LogP contribution in [0.15, 0.2) is 65.2 Å². The lowest BCUT2D eigenvalue weighted by atomic mass is 10.2. The van der Waals surface area contributed by atoms with Crippen LogP contribution in [0.25, 0.3) is 22.8 Å². The fraction of sp³-hybridized carbons (Fsp3) is 0.0588. The van der Waals surface area contributed by atoms with Crippen molar-refractivity contribution in [1.29, 1.82) is 0 Å². The van der Waals surface area contributed by atoms with Gasteiger partial charge in [0.25, 0.3) is 5.56 Å². The maximum atomic E-state index is 12.7. The summed E-state index contributed by atoms with van der Waals surface area (Å²) >= 11 is 0. The van der Waals surface area contributed by atoms with E-state index in [1.165, 1.54) is 13.0 Å². The molecule has 0 bridgehead atoms. The SMILES string of the molecule is C/C(O)=C/c1nc2ccccc2n(-c2ccccc2)c1=O. The number of benzene rings is 2. The van der Waals surface area contributed by atoms with Gasteiger partial charge in [-0.1, -0.05) is 30.3 Å². The van der Waals surface area contributed by atoms with Gasteiger partial charge in [-0.2, -0.15) is 0 Å². The third-order valence-corrected chi connectivity index (χ3v) is 3.15. The maximum absolute atomic E-state index is 12.7. The highest BCUT2D eigenvalue weighted by Crippen LogP contribution is 2.15. The summed E-state index contributed by atoms with van der Waals surface area (Å²) in [6, 6.07) is 16.8. The van der Waals surface area contributed by atoms with E-state index in [1.54, 1.807) is 4.57 Å². The van der Waals surface area contributed by atoms with E-state index in [1.807, 2.05) is 54.6 Å². The van der Waals surface area contributed by atoms with Crippen LogP contribution in [0.5, 0.6) is 0 Å². The third-order valence-electron chi connectivity index (χ3n) is 3.15. The summed E-state index contributed by atoms with van der Waals surface area (Å²) in [6.07, 6.45) is 1.38. The minimum Gasteiger partial charge on any atom is -0.513 e. The quantitative estimate of drug-likeness (QED) is 0.732. The van der Waals surface area contributed by atoms with Gasteiger partial charge in [0.1, 0.15) is 5.69 Å². The number of hydrogen-bond acceptors (Lipinski definition) is 3. The molecule has 0 saturated heterocycles. The van der Waals surface area contributed by atoms with Crippen molar-refractivity contribution in [3.05, 3.63) is 76.4 Å². The van der Waals surface area contributed by atoms with Crippen molar-refractivity contribution in [1.82, 2.24) is 9.55 Å². The Balaban J connectivity index is 2.43. The molecule has 0 unspecified atom stereocenters. The summed E-state index contributed by atoms with van der Waals surface area (Å²) in [5.74, 6) is 0.0505. The molecule has 0 aliphatic rings. The Morgan fingerprint density at radius 1 is 1.10 bits per heavy atom. The molecular formula is C17H14N2O2. The van der Waals surface area contributed by atoms with E-state index in [9.17, 15) is 9.90 Å². The molecule has 3 aromatic rings. The number of nitrogens with zero attached hydrogens (tertiary/aromatic N) is 2. The number of aromatic nitrogens is 2. The largest absolute Gasteiger partial charge is 0.513 e. The first-order chi connectivity index (χ1) is 10.2. The topological polar surface area (TPSA) is 55.1 Å². The maximum Gasteiger partial charge on any atom is 0.281 e. The first-order valence-corrected chi connectivity index (χ1v) is 6.61. The van der Waals surface area contributed by atoms with Crippen molar-refractivity contribution in [3.63, 3.8) is 0 Å². The smallest absolute Gasteiger partial charge is 0.281 e. The summed E-state index contributed by atoms with van der Waals surface area (Å²) in [7, 11) is 0. The first-order valence-electron chi connectivity index (χ1n) is 6.61. The Morgan fingerprint density at radius 3 is 2.48 bits per heavy atom. The number of aliphatic hydroxyl groups excluding tert-OH is 1. The lowest BCUT2D eigenvalue weighted by molar-refractivity contribution is 0.419. The Bertz CT molecular complexity index is 876. The fourth-order valence-electron chi connectivity index (χ4n) is 2.27. The van der Waals surface area contributed by atoms with Crippen LogP contribution < -0.4 is 5.56 Å². The predicted molar refractivity (Wildman–Crippen MR) is 83.6 cm³/mol. The second-order valence-corrected chi connectivity index (χ2v) is 4.75. The Labute approximate surface area is 121 Å². The number of allylic oxidation sites excluding steroid dienone is 1. The molecule has 0 saturated carbocycles. The van der Waals surface area contributed by atoms with Gasteiger partial charge in [-0.3, -0.25) is 9.36 Å². The van der Waals surface area contributed by atoms with Gasteiger partial charge < -0.3 is 5.11 Å². The summed E-state index contributed by atoms with van der Waals surface area (Å²) < 4.78 is 1.61. The highest BCUT2D eigenvalue weighted by Gasteiger charge is 2.10. The molecular weight excluding hydrogens is 264 g/mol. The minimum atomic E-state index is -0.256. The monoisotopic (exact) mass is 278 g/mol. The molecule has 104 valence electrons. The normalized spacial score (nSPS) is 11.8. The van der Waals surface area contributed by atoms with Crippen LogP contribution in [0.2, 0.25) is 0 Å². The molecule has 0 aliphatic carbocycles. The number of rotatable bonds is 2. The van der Waals surface area contributed by atoms with Crippen LogP contribution in [0.3, 0.4) is 0 Å². The summed E-state index contributed by atoms with van der Waals surface area (Å²) in [6.45, 7) is 1.52. The average molecular weight is 278 g/mol. The molecule has 1 N–H and O–H groups in total. The van der Waals surface area contributed by atoms with Crippen molar-refractivity contribution >= 4 is 17.1 Å². The van der Waals surface area contributed by atoms with Gasteiger partial charge in [-0.15, -0.1) is 0 Å². The fourth-order valence-corrected chi connectivity index (χ4v) is 2.27. The number of aliphatic hydroxyl groups is 1. The molecule has 0 aliphatic heterocycles. The Morgan fingerprint density at radius 2 is 1.76 bits per heavy atom. The minimum absolute atomic E-state index is 0.0505. The lowest BCUT2D eigenvalue weighted by Crippen LogP contribution is -2.22. The van der Waals surface area contributed by atoms with Crippen molar-refractivity contribution in [2.45, 2.75) is 6.92 Å². The number of hydrogen-bond donors (Lipinski definition) is 1. The van der Waals surface area contributed by atoms with Gasteiger partial charge in [0.2, 0.25) is 0 Å². The second-order valence-electron chi connectivity index (χ2n) is 4.75. The zero-order chi connectivity index (χ0) is 14.8. The molecule has 1 aromatic heterocycles. The van der Waals surface area contributed by atoms with Crippen molar-refractivity contribution in [3.8, 4) is 5.69 Å². The van der Waals surface area contributed by atoms with E-state index in [4.69, 9.17) is 0 Å². The number of fused-ring (bicyclic) bond motifs is 1. The molecule has 0 fully saturated rings. The third kappa shape index (κ3) is 2.43. The second kappa shape index (κ2) is 5.25. The predicted octanol–water partition coefficient (Wildman–Crippen LogP) is 3.30. The molecule has 2 aromatic carbocycles. The lowest BCUT2D eigenvalue weighted by Gasteiger charge is -2.11. The van der Waals surface area contributed by atoms with E-state index in [2.05, 4.69) is 4.98 Å². The highest BCUT2D eigenvalue weighted by molar-refractivity contribution is 5.77. The molecule has 3 rings (SSSR count). The van der Waals surface area contributed by atoms with Crippen LogP contribution >= 0.6 is 0 Å². The number of para-hydroxylation sites is 3. The van der Waals surface area contributed by atoms with E-state index >= 15 is 0 Å². The van der Waals surface area contributed by atoms with E-state index in [0.717, 1.165) is 11.2 Å². The van der Waals surface area contributed by atoms with Crippen molar-refractivity contribution < 1.29 is 5.11 Å². The average Bonchev–Trinajstić information content (AvgIpc) is 2.48. The van der Waals surface area contributed by atoms with Crippen molar-refractivity contribution in [2.75, 3.05) is 0 Å². The van der Waals surface area contributed by atoms with Crippen LogP contribution in [-0.2, 0) is 0 Å². The van der Waals surface area contributed by atoms with Gasteiger partial charge in [0, 0.05) is 11.8 Å². The zero-order valence-electron chi connectivity index (χ0n) is 11.5. The van der Waals surface area contributed by atoms with Crippen LogP contribution in [0, 0.1) is 0 Å². The van der Waals surface area contributed by atoms with Crippen LogP contribution in [-0.4, -0.2) is 14.7 Å². The van der Waals surface area contributed by atoms with Crippen molar-refractivity contribution in [2.24, 2.45) is 0 Å². The van der Waals surface area contributed by atoms with Crippen LogP contribution in [0.1, 0.15) is 12.6 Å². The molecule has 0 amide bonds. The Kier molecular flexibility index (Phi) is 3.28. The molecule has 4 nitrogen and oxygen atoms in total. The molecule has 0 atom stereocenters. The summed E-state index contributed by atoms with van der Waals surface area (Å²) in [5.41, 5.74) is 2.17. The van der Waals surface area contributed by atoms with Gasteiger partial charge in [-0.25, -0.2) is 4.98 Å². The van der Waals surface area contributed by atoms with Gasteiger partial charge >= 0.3 is 0 Å². The molecule has 4 heteroatoms. The highest BCUT2D eigenvalue weighted by atomic mass is 16.3. The summed E-state index contributed by atoms with van der Waals surface area (Å²) in [4.78, 5) is 17.0. The summed E-state index contributed by atoms with van der Waals surface area (Å²) in [5, 5.41) is 9.44. The standard InChI is InChI=1S/C17H14N2O2/c1-12(20)11-15-17(21)19(13-7-3-2-4-8-13)16-10-6-5-9-14(16)18-15/h2-11,20H,1H3/b12-11-. The zero-order valence-corrected chi connectivity index (χ0v) is 11.5. The van der Waals surface area contributed by atoms with Crippen LogP contribution in [0.4, 0.5) is 0 Å². The molecule has 1 heterocycles. The molecule has 0 spiro atoms. The first kappa shape index (κ1) is 13.1. The van der Waals surface area contributed by atoms with E-state index < -0.39 is 0 Å². The van der Waals surface area contributed by atoms with E-state index in [-0.39, 0.29) is 17.0 Å². The van der Waals surface area contributed by atoms with Gasteiger partial charge in [-0.05, 0) is 31.2 Å². The Hall–Kier alpha value is -2.88. The van der Waals surface area contributed by atoms with Gasteiger partial charge in [0.15, 0.2) is 0 Å². The van der Waals surface area contributed by atoms with E-state index in [0.29, 0.717) is 5.52 Å². The molecule has 21 heavy (non-hydrogen) atoms. The molecule has 0 radical (unpaired) electrons. The van der Waals surface area contributed by atoms with Gasteiger partial charge in [0.05, 0.1) is 16.8 Å².